The number of ether oxygens (including phenoxy) is 1. The van der Waals surface area contributed by atoms with Gasteiger partial charge in [-0.2, -0.15) is 13.2 Å². The van der Waals surface area contributed by atoms with Crippen LogP contribution < -0.4 is 15.0 Å². The van der Waals surface area contributed by atoms with Crippen molar-refractivity contribution < 1.29 is 32.6 Å². The van der Waals surface area contributed by atoms with Crippen LogP contribution in [0.2, 0.25) is 0 Å². The average molecular weight is 461 g/mol. The van der Waals surface area contributed by atoms with Crippen LogP contribution in [0.25, 0.3) is 10.8 Å². The predicted molar refractivity (Wildman–Crippen MR) is 116 cm³/mol. The van der Waals surface area contributed by atoms with Crippen LogP contribution in [0.1, 0.15) is 18.5 Å². The Labute approximate surface area is 187 Å². The standard InChI is InChI=1S/C21H21N3O2.C2HF3O2/c1-15(17-6-4-5-16-13-22-10-9-18(16)17)23-11-12-24-19-7-2-3-8-20(19)26-14-21(24)25;3-2(4,5)1(6)7/h2-10,13,15,23H,11-12,14H2,1H3;(H,6,7). The number of pyridine rings is 1. The van der Waals surface area contributed by atoms with Crippen molar-refractivity contribution in [1.82, 2.24) is 10.3 Å². The van der Waals surface area contributed by atoms with Crippen molar-refractivity contribution in [2.75, 3.05) is 24.6 Å². The van der Waals surface area contributed by atoms with Gasteiger partial charge in [-0.3, -0.25) is 9.78 Å². The maximum Gasteiger partial charge on any atom is 0.490 e. The fourth-order valence-corrected chi connectivity index (χ4v) is 3.43. The Morgan fingerprint density at radius 1 is 1.21 bits per heavy atom. The van der Waals surface area contributed by atoms with Crippen LogP contribution in [0, 0.1) is 0 Å². The second-order valence-corrected chi connectivity index (χ2v) is 7.22. The highest BCUT2D eigenvalue weighted by Crippen LogP contribution is 2.31. The van der Waals surface area contributed by atoms with Gasteiger partial charge in [0.2, 0.25) is 0 Å². The number of carboxylic acids is 1. The molecule has 10 heteroatoms. The molecule has 1 aliphatic rings. The van der Waals surface area contributed by atoms with Crippen molar-refractivity contribution in [1.29, 1.82) is 0 Å². The van der Waals surface area contributed by atoms with Gasteiger partial charge in [0.1, 0.15) is 5.75 Å². The molecule has 7 nitrogen and oxygen atoms in total. The molecule has 2 heterocycles. The van der Waals surface area contributed by atoms with Gasteiger partial charge in [0, 0.05) is 36.9 Å². The first-order chi connectivity index (χ1) is 15.7. The van der Waals surface area contributed by atoms with Crippen molar-refractivity contribution >= 4 is 28.3 Å². The van der Waals surface area contributed by atoms with Gasteiger partial charge in [-0.05, 0) is 36.1 Å². The molecule has 0 saturated heterocycles. The van der Waals surface area contributed by atoms with E-state index in [1.54, 1.807) is 4.90 Å². The molecule has 0 spiro atoms. The van der Waals surface area contributed by atoms with E-state index in [-0.39, 0.29) is 18.6 Å². The first-order valence-electron chi connectivity index (χ1n) is 10.1. The second kappa shape index (κ2) is 10.3. The van der Waals surface area contributed by atoms with Gasteiger partial charge in [-0.1, -0.05) is 30.3 Å². The third-order valence-corrected chi connectivity index (χ3v) is 5.02. The van der Waals surface area contributed by atoms with E-state index in [1.807, 2.05) is 42.7 Å². The Morgan fingerprint density at radius 3 is 2.67 bits per heavy atom. The number of alkyl halides is 3. The summed E-state index contributed by atoms with van der Waals surface area (Å²) in [5.74, 6) is -2.00. The molecule has 1 atom stereocenters. The Kier molecular flexibility index (Phi) is 7.49. The van der Waals surface area contributed by atoms with Crippen LogP contribution in [-0.4, -0.2) is 47.8 Å². The molecule has 174 valence electrons. The van der Waals surface area contributed by atoms with Gasteiger partial charge in [-0.15, -0.1) is 0 Å². The van der Waals surface area contributed by atoms with E-state index in [2.05, 4.69) is 35.4 Å². The lowest BCUT2D eigenvalue weighted by Gasteiger charge is -2.30. The molecule has 2 aromatic carbocycles. The molecule has 1 aliphatic heterocycles. The largest absolute Gasteiger partial charge is 0.490 e. The third-order valence-electron chi connectivity index (χ3n) is 5.02. The lowest BCUT2D eigenvalue weighted by molar-refractivity contribution is -0.192. The van der Waals surface area contributed by atoms with Crippen LogP contribution >= 0.6 is 0 Å². The molecule has 0 aliphatic carbocycles. The van der Waals surface area contributed by atoms with Crippen LogP contribution in [0.15, 0.2) is 60.9 Å². The van der Waals surface area contributed by atoms with Crippen LogP contribution in [0.3, 0.4) is 0 Å². The number of carbonyl (C=O) groups is 2. The van der Waals surface area contributed by atoms with E-state index < -0.39 is 12.1 Å². The number of carboxylic acid groups (broad SMARTS) is 1. The highest BCUT2D eigenvalue weighted by molar-refractivity contribution is 5.97. The topological polar surface area (TPSA) is 91.8 Å². The number of nitrogens with zero attached hydrogens (tertiary/aromatic N) is 2. The summed E-state index contributed by atoms with van der Waals surface area (Å²) < 4.78 is 37.2. The molecule has 1 amide bonds. The number of aliphatic carboxylic acids is 1. The smallest absolute Gasteiger partial charge is 0.482 e. The summed E-state index contributed by atoms with van der Waals surface area (Å²) in [5.41, 5.74) is 2.08. The number of nitrogens with one attached hydrogen (secondary N) is 1. The Morgan fingerprint density at radius 2 is 1.94 bits per heavy atom. The van der Waals surface area contributed by atoms with E-state index in [4.69, 9.17) is 14.6 Å². The minimum atomic E-state index is -5.08. The maximum absolute atomic E-state index is 12.2. The number of anilines is 1. The summed E-state index contributed by atoms with van der Waals surface area (Å²) in [5, 5.41) is 13.0. The normalized spacial score (nSPS) is 14.1. The predicted octanol–water partition coefficient (Wildman–Crippen LogP) is 3.94. The maximum atomic E-state index is 12.2. The molecule has 1 unspecified atom stereocenters. The zero-order valence-electron chi connectivity index (χ0n) is 17.7. The quantitative estimate of drug-likeness (QED) is 0.598. The second-order valence-electron chi connectivity index (χ2n) is 7.22. The average Bonchev–Trinajstić information content (AvgIpc) is 2.80. The Balaban J connectivity index is 0.000000383. The van der Waals surface area contributed by atoms with Crippen LogP contribution in [0.4, 0.5) is 18.9 Å². The summed E-state index contributed by atoms with van der Waals surface area (Å²) in [6.07, 6.45) is -1.38. The lowest BCUT2D eigenvalue weighted by atomic mass is 10.0. The molecule has 0 bridgehead atoms. The summed E-state index contributed by atoms with van der Waals surface area (Å²) in [6.45, 7) is 3.55. The molecule has 2 N–H and O–H groups in total. The SMILES string of the molecule is CC(NCCN1C(=O)COc2ccccc21)c1cccc2cnccc12.O=C(O)C(F)(F)F. The highest BCUT2D eigenvalue weighted by atomic mass is 19.4. The summed E-state index contributed by atoms with van der Waals surface area (Å²) >= 11 is 0. The van der Waals surface area contributed by atoms with E-state index in [1.165, 1.54) is 10.9 Å². The molecule has 0 saturated carbocycles. The van der Waals surface area contributed by atoms with Gasteiger partial charge >= 0.3 is 12.1 Å². The van der Waals surface area contributed by atoms with E-state index in [0.717, 1.165) is 16.8 Å². The van der Waals surface area contributed by atoms with Crippen molar-refractivity contribution in [2.45, 2.75) is 19.1 Å². The fourth-order valence-electron chi connectivity index (χ4n) is 3.43. The summed E-state index contributed by atoms with van der Waals surface area (Å²) in [6, 6.07) is 16.1. The summed E-state index contributed by atoms with van der Waals surface area (Å²) in [4.78, 5) is 27.1. The molecule has 33 heavy (non-hydrogen) atoms. The first kappa shape index (κ1) is 24.0. The zero-order valence-corrected chi connectivity index (χ0v) is 17.7. The van der Waals surface area contributed by atoms with Gasteiger partial charge in [0.15, 0.2) is 6.61 Å². The van der Waals surface area contributed by atoms with Crippen molar-refractivity contribution in [2.24, 2.45) is 0 Å². The van der Waals surface area contributed by atoms with Crippen molar-refractivity contribution in [3.8, 4) is 5.75 Å². The van der Waals surface area contributed by atoms with Crippen molar-refractivity contribution in [3.05, 3.63) is 66.5 Å². The molecule has 3 aromatic rings. The van der Waals surface area contributed by atoms with Crippen LogP contribution in [-0.2, 0) is 9.59 Å². The number of aromatic nitrogens is 1. The zero-order chi connectivity index (χ0) is 24.0. The number of para-hydroxylation sites is 2. The van der Waals surface area contributed by atoms with Crippen LogP contribution in [0.5, 0.6) is 5.75 Å². The molecule has 4 rings (SSSR count). The lowest BCUT2D eigenvalue weighted by Crippen LogP contribution is -2.42. The van der Waals surface area contributed by atoms with Crippen molar-refractivity contribution in [3.63, 3.8) is 0 Å². The molecular formula is C23H22F3N3O4. The fraction of sp³-hybridized carbons (Fsp3) is 0.261. The van der Waals surface area contributed by atoms with E-state index in [9.17, 15) is 18.0 Å². The highest BCUT2D eigenvalue weighted by Gasteiger charge is 2.38. The number of amides is 1. The number of rotatable bonds is 5. The van der Waals surface area contributed by atoms with Gasteiger partial charge < -0.3 is 20.1 Å². The number of carbonyl (C=O) groups excluding carboxylic acids is 1. The number of benzene rings is 2. The number of fused-ring (bicyclic) bond motifs is 2. The monoisotopic (exact) mass is 461 g/mol. The molecule has 0 radical (unpaired) electrons. The molecule has 1 aromatic heterocycles. The molecule has 0 fully saturated rings. The minimum Gasteiger partial charge on any atom is -0.482 e. The van der Waals surface area contributed by atoms with Gasteiger partial charge in [0.25, 0.3) is 5.91 Å². The Bertz CT molecular complexity index is 1130. The number of halogens is 3. The first-order valence-corrected chi connectivity index (χ1v) is 10.1. The third kappa shape index (κ3) is 5.98. The number of hydrogen-bond acceptors (Lipinski definition) is 5. The van der Waals surface area contributed by atoms with E-state index >= 15 is 0 Å². The number of hydrogen-bond donors (Lipinski definition) is 2. The van der Waals surface area contributed by atoms with E-state index in [0.29, 0.717) is 13.1 Å². The van der Waals surface area contributed by atoms with Gasteiger partial charge in [-0.25, -0.2) is 4.79 Å². The molecular weight excluding hydrogens is 439 g/mol. The van der Waals surface area contributed by atoms with Gasteiger partial charge in [0.05, 0.1) is 5.69 Å². The Hall–Kier alpha value is -3.66. The minimum absolute atomic E-state index is 0.00520. The summed E-state index contributed by atoms with van der Waals surface area (Å²) in [7, 11) is 0.